The Hall–Kier alpha value is -2.80. The quantitative estimate of drug-likeness (QED) is 0.219. The summed E-state index contributed by atoms with van der Waals surface area (Å²) in [6.45, 7) is 2.18. The largest absolute Gasteiger partial charge is 0.478 e. The zero-order valence-corrected chi connectivity index (χ0v) is 16.0. The van der Waals surface area contributed by atoms with Crippen molar-refractivity contribution in [1.29, 1.82) is 0 Å². The number of carboxylic acids is 2. The summed E-state index contributed by atoms with van der Waals surface area (Å²) < 4.78 is 9.31. The minimum Gasteiger partial charge on any atom is -0.478 e. The van der Waals surface area contributed by atoms with Gasteiger partial charge in [-0.1, -0.05) is 0 Å². The van der Waals surface area contributed by atoms with Gasteiger partial charge >= 0.3 is 23.9 Å². The molecule has 0 spiro atoms. The molecule has 12 heteroatoms. The minimum absolute atomic E-state index is 0.0938. The van der Waals surface area contributed by atoms with Gasteiger partial charge in [0.15, 0.2) is 0 Å². The standard InChI is InChI=1S/C7H8O4.C4H4O4.2C3H8O2/c8-6-2-3-7(9)11-5-1-4-10-6;5-3(6)1-2-4(7)8;1-3(5)2-4;4-2-1-3-5/h2-3H,1,4-5H2;1-2H,(H,5,6)(H,7,8);3-5H,2H2,1H3;4-5H,1-3H2. The zero-order chi connectivity index (χ0) is 23.1. The molecule has 1 aliphatic rings. The topological polar surface area (TPSA) is 208 Å². The van der Waals surface area contributed by atoms with Gasteiger partial charge in [-0.3, -0.25) is 0 Å². The molecule has 0 saturated carbocycles. The first-order valence-electron chi connectivity index (χ1n) is 8.26. The molecule has 1 heterocycles. The van der Waals surface area contributed by atoms with Gasteiger partial charge in [0, 0.05) is 43.9 Å². The molecule has 12 nitrogen and oxygen atoms in total. The Morgan fingerprint density at radius 3 is 1.52 bits per heavy atom. The van der Waals surface area contributed by atoms with E-state index in [4.69, 9.17) is 30.6 Å². The molecule has 0 saturated heterocycles. The number of aliphatic hydroxyl groups excluding tert-OH is 4. The van der Waals surface area contributed by atoms with E-state index < -0.39 is 30.0 Å². The number of rotatable bonds is 5. The maximum Gasteiger partial charge on any atom is 0.331 e. The van der Waals surface area contributed by atoms with Crippen LogP contribution in [0.3, 0.4) is 0 Å². The van der Waals surface area contributed by atoms with Gasteiger partial charge in [0.2, 0.25) is 0 Å². The fraction of sp³-hybridized carbons (Fsp3) is 0.529. The number of carboxylic acid groups (broad SMARTS) is 2. The van der Waals surface area contributed by atoms with Crippen molar-refractivity contribution in [3.05, 3.63) is 24.3 Å². The highest BCUT2D eigenvalue weighted by atomic mass is 16.5. The van der Waals surface area contributed by atoms with Crippen molar-refractivity contribution < 1.29 is 59.3 Å². The Morgan fingerprint density at radius 1 is 0.966 bits per heavy atom. The zero-order valence-electron chi connectivity index (χ0n) is 16.0. The highest BCUT2D eigenvalue weighted by Gasteiger charge is 2.04. The molecule has 0 aromatic rings. The molecule has 6 N–H and O–H groups in total. The fourth-order valence-electron chi connectivity index (χ4n) is 0.850. The average molecular weight is 424 g/mol. The van der Waals surface area contributed by atoms with Crippen LogP contribution in [0.15, 0.2) is 24.3 Å². The third-order valence-corrected chi connectivity index (χ3v) is 2.08. The summed E-state index contributed by atoms with van der Waals surface area (Å²) in [6, 6.07) is 0. The lowest BCUT2D eigenvalue weighted by Gasteiger charge is -1.99. The normalized spacial score (nSPS) is 14.0. The summed E-state index contributed by atoms with van der Waals surface area (Å²) in [5, 5.41) is 47.4. The number of hydrogen-bond donors (Lipinski definition) is 6. The van der Waals surface area contributed by atoms with Crippen LogP contribution < -0.4 is 0 Å². The van der Waals surface area contributed by atoms with Crippen molar-refractivity contribution in [2.75, 3.05) is 33.0 Å². The maximum atomic E-state index is 10.6. The van der Waals surface area contributed by atoms with Crippen LogP contribution >= 0.6 is 0 Å². The molecule has 1 unspecified atom stereocenters. The van der Waals surface area contributed by atoms with E-state index in [1.54, 1.807) is 0 Å². The summed E-state index contributed by atoms with van der Waals surface area (Å²) >= 11 is 0. The Morgan fingerprint density at radius 2 is 1.31 bits per heavy atom. The predicted molar refractivity (Wildman–Crippen MR) is 97.6 cm³/mol. The van der Waals surface area contributed by atoms with Crippen molar-refractivity contribution in [3.63, 3.8) is 0 Å². The number of aliphatic carboxylic acids is 2. The van der Waals surface area contributed by atoms with E-state index >= 15 is 0 Å². The van der Waals surface area contributed by atoms with Crippen molar-refractivity contribution in [1.82, 2.24) is 0 Å². The number of carbonyl (C=O) groups excluding carboxylic acids is 2. The summed E-state index contributed by atoms with van der Waals surface area (Å²) in [5.74, 6) is -3.51. The van der Waals surface area contributed by atoms with Crippen molar-refractivity contribution in [2.45, 2.75) is 25.9 Å². The van der Waals surface area contributed by atoms with Crippen LogP contribution in [-0.4, -0.2) is 93.7 Å². The highest BCUT2D eigenvalue weighted by molar-refractivity contribution is 5.91. The molecule has 168 valence electrons. The number of hydrogen-bond acceptors (Lipinski definition) is 10. The van der Waals surface area contributed by atoms with E-state index in [2.05, 4.69) is 9.47 Å². The number of esters is 2. The van der Waals surface area contributed by atoms with Gasteiger partial charge in [-0.2, -0.15) is 0 Å². The molecule has 0 radical (unpaired) electrons. The SMILES string of the molecule is CC(O)CO.O=C(O)C=CC(=O)O.O=C1C=CC(=O)OCCCO1.OCCCO. The average Bonchev–Trinajstić information content (AvgIpc) is 2.75. The lowest BCUT2D eigenvalue weighted by atomic mass is 10.5. The molecule has 0 bridgehead atoms. The van der Waals surface area contributed by atoms with E-state index in [9.17, 15) is 19.2 Å². The summed E-state index contributed by atoms with van der Waals surface area (Å²) in [5.41, 5.74) is 0. The van der Waals surface area contributed by atoms with Gasteiger partial charge in [-0.25, -0.2) is 19.2 Å². The van der Waals surface area contributed by atoms with Gasteiger partial charge in [0.05, 0.1) is 25.9 Å². The molecule has 29 heavy (non-hydrogen) atoms. The van der Waals surface area contributed by atoms with Crippen LogP contribution in [0.4, 0.5) is 0 Å². The Balaban J connectivity index is -0.000000332. The highest BCUT2D eigenvalue weighted by Crippen LogP contribution is 1.93. The first-order valence-corrected chi connectivity index (χ1v) is 8.26. The first-order chi connectivity index (χ1) is 13.6. The molecule has 0 aromatic carbocycles. The van der Waals surface area contributed by atoms with Crippen molar-refractivity contribution >= 4 is 23.9 Å². The van der Waals surface area contributed by atoms with E-state index in [1.165, 1.54) is 6.92 Å². The third kappa shape index (κ3) is 36.8. The van der Waals surface area contributed by atoms with Gasteiger partial charge < -0.3 is 40.1 Å². The lowest BCUT2D eigenvalue weighted by Crippen LogP contribution is -2.03. The lowest BCUT2D eigenvalue weighted by molar-refractivity contribution is -0.138. The van der Waals surface area contributed by atoms with E-state index in [0.29, 0.717) is 38.2 Å². The van der Waals surface area contributed by atoms with Crippen LogP contribution in [0.25, 0.3) is 0 Å². The molecular formula is C17H28O12. The number of ether oxygens (including phenoxy) is 2. The molecule has 0 aliphatic carbocycles. The molecule has 1 aliphatic heterocycles. The second-order valence-electron chi connectivity index (χ2n) is 4.86. The van der Waals surface area contributed by atoms with Gasteiger partial charge in [-0.15, -0.1) is 0 Å². The molecule has 0 amide bonds. The van der Waals surface area contributed by atoms with Crippen molar-refractivity contribution in [3.8, 4) is 0 Å². The van der Waals surface area contributed by atoms with E-state index in [-0.39, 0.29) is 19.8 Å². The van der Waals surface area contributed by atoms with Crippen LogP contribution in [-0.2, 0) is 28.7 Å². The summed E-state index contributed by atoms with van der Waals surface area (Å²) in [7, 11) is 0. The number of carbonyl (C=O) groups is 4. The third-order valence-electron chi connectivity index (χ3n) is 2.08. The monoisotopic (exact) mass is 424 g/mol. The van der Waals surface area contributed by atoms with E-state index in [1.807, 2.05) is 0 Å². The smallest absolute Gasteiger partial charge is 0.331 e. The Bertz CT molecular complexity index is 473. The van der Waals surface area contributed by atoms with Crippen LogP contribution in [0.5, 0.6) is 0 Å². The maximum absolute atomic E-state index is 10.6. The van der Waals surface area contributed by atoms with Gasteiger partial charge in [-0.05, 0) is 13.3 Å². The fourth-order valence-corrected chi connectivity index (χ4v) is 0.850. The Kier molecular flexibility index (Phi) is 24.8. The first kappa shape index (κ1) is 30.9. The van der Waals surface area contributed by atoms with Gasteiger partial charge in [0.1, 0.15) is 0 Å². The Labute approximate surface area is 167 Å². The van der Waals surface area contributed by atoms with E-state index in [0.717, 1.165) is 12.2 Å². The van der Waals surface area contributed by atoms with Crippen LogP contribution in [0.2, 0.25) is 0 Å². The summed E-state index contributed by atoms with van der Waals surface area (Å²) in [6.07, 6.45) is 3.74. The number of aliphatic hydroxyl groups is 4. The molecular weight excluding hydrogens is 396 g/mol. The number of cyclic esters (lactones) is 2. The second-order valence-corrected chi connectivity index (χ2v) is 4.86. The van der Waals surface area contributed by atoms with Crippen molar-refractivity contribution in [2.24, 2.45) is 0 Å². The molecule has 1 atom stereocenters. The second kappa shape index (κ2) is 23.2. The van der Waals surface area contributed by atoms with Crippen LogP contribution in [0.1, 0.15) is 19.8 Å². The summed E-state index contributed by atoms with van der Waals surface area (Å²) in [4.78, 5) is 40.3. The molecule has 0 aromatic heterocycles. The molecule has 0 fully saturated rings. The van der Waals surface area contributed by atoms with Gasteiger partial charge in [0.25, 0.3) is 0 Å². The minimum atomic E-state index is -1.26. The molecule has 1 rings (SSSR count). The predicted octanol–water partition coefficient (Wildman–Crippen LogP) is -1.53. The van der Waals surface area contributed by atoms with Crippen LogP contribution in [0, 0.1) is 0 Å².